The first kappa shape index (κ1) is 17.2. The summed E-state index contributed by atoms with van der Waals surface area (Å²) in [7, 11) is -3.50. The Morgan fingerprint density at radius 2 is 1.18 bits per heavy atom. The van der Waals surface area contributed by atoms with Gasteiger partial charge in [-0.25, -0.2) is 0 Å². The third-order valence-corrected chi connectivity index (χ3v) is 7.82. The molecule has 17 heavy (non-hydrogen) atoms. The van der Waals surface area contributed by atoms with Crippen LogP contribution in [0.1, 0.15) is 59.3 Å². The van der Waals surface area contributed by atoms with Gasteiger partial charge in [0, 0.05) is 0 Å². The highest BCUT2D eigenvalue weighted by Gasteiger charge is 2.36. The first-order chi connectivity index (χ1) is 8.10. The smallest absolute Gasteiger partial charge is 0.428 e. The number of hydrogen-bond acceptors (Lipinski definition) is 3. The summed E-state index contributed by atoms with van der Waals surface area (Å²) in [5.74, 6) is 0. The zero-order valence-electron chi connectivity index (χ0n) is 11.7. The van der Waals surface area contributed by atoms with Gasteiger partial charge in [0.1, 0.15) is 0 Å². The Morgan fingerprint density at radius 3 is 1.41 bits per heavy atom. The topological polar surface area (TPSA) is 49.7 Å². The first-order valence-corrected chi connectivity index (χ1v) is 9.67. The molecule has 0 spiro atoms. The van der Waals surface area contributed by atoms with Crippen LogP contribution in [0.2, 0.25) is 18.1 Å². The minimum absolute atomic E-state index is 1.07. The fraction of sp³-hybridized carbons (Fsp3) is 1.00. The molecule has 2 N–H and O–H groups in total. The molecule has 0 rings (SSSR count). The summed E-state index contributed by atoms with van der Waals surface area (Å²) in [6.07, 6.45) is 6.89. The highest BCUT2D eigenvalue weighted by atomic mass is 28.4. The molecule has 0 saturated heterocycles. The molecule has 3 nitrogen and oxygen atoms in total. The summed E-state index contributed by atoms with van der Waals surface area (Å²) in [4.78, 5) is 0. The van der Waals surface area contributed by atoms with Gasteiger partial charge in [0.15, 0.2) is 8.32 Å². The standard InChI is InChI=1S/C12H29BO3Si/c1-4-7-10-17(11-8-5-2,12-9-6-3)16-13(14)15/h14-15H,4-12H2,1-3H3. The van der Waals surface area contributed by atoms with Crippen molar-refractivity contribution in [1.29, 1.82) is 0 Å². The van der Waals surface area contributed by atoms with Crippen molar-refractivity contribution < 1.29 is 14.4 Å². The normalized spacial score (nSPS) is 11.8. The Balaban J connectivity index is 4.51. The molecule has 0 amide bonds. The van der Waals surface area contributed by atoms with Gasteiger partial charge < -0.3 is 14.4 Å². The van der Waals surface area contributed by atoms with E-state index in [1.165, 1.54) is 0 Å². The lowest BCUT2D eigenvalue weighted by atomic mass is 10.3. The summed E-state index contributed by atoms with van der Waals surface area (Å²) in [6, 6.07) is 3.21. The van der Waals surface area contributed by atoms with Gasteiger partial charge in [-0.15, -0.1) is 0 Å². The van der Waals surface area contributed by atoms with E-state index in [-0.39, 0.29) is 0 Å². The van der Waals surface area contributed by atoms with Gasteiger partial charge in [0.25, 0.3) is 0 Å². The lowest BCUT2D eigenvalue weighted by molar-refractivity contribution is 0.278. The van der Waals surface area contributed by atoms with E-state index < -0.39 is 15.6 Å². The van der Waals surface area contributed by atoms with E-state index in [0.717, 1.165) is 56.7 Å². The maximum absolute atomic E-state index is 9.15. The maximum Gasteiger partial charge on any atom is 0.622 e. The fourth-order valence-electron chi connectivity index (χ4n) is 2.27. The quantitative estimate of drug-likeness (QED) is 0.560. The summed E-state index contributed by atoms with van der Waals surface area (Å²) in [5.41, 5.74) is 0. The van der Waals surface area contributed by atoms with Crippen LogP contribution in [-0.4, -0.2) is 25.7 Å². The zero-order valence-corrected chi connectivity index (χ0v) is 12.7. The van der Waals surface area contributed by atoms with Gasteiger partial charge in [-0.05, 0) is 18.1 Å². The third kappa shape index (κ3) is 7.97. The van der Waals surface area contributed by atoms with Crippen LogP contribution in [-0.2, 0) is 4.34 Å². The predicted octanol–water partition coefficient (Wildman–Crippen LogP) is 3.32. The minimum Gasteiger partial charge on any atom is -0.428 e. The zero-order chi connectivity index (χ0) is 13.1. The van der Waals surface area contributed by atoms with E-state index in [0.29, 0.717) is 0 Å². The largest absolute Gasteiger partial charge is 0.622 e. The predicted molar refractivity (Wildman–Crippen MR) is 76.2 cm³/mol. The molecule has 102 valence electrons. The van der Waals surface area contributed by atoms with Crippen molar-refractivity contribution in [1.82, 2.24) is 0 Å². The second kappa shape index (κ2) is 10.1. The van der Waals surface area contributed by atoms with E-state index >= 15 is 0 Å². The number of hydrogen-bond donors (Lipinski definition) is 2. The molecule has 0 aromatic heterocycles. The second-order valence-electron chi connectivity index (χ2n) is 4.94. The molecule has 0 unspecified atom stereocenters. The minimum atomic E-state index is -1.92. The molecule has 0 heterocycles. The van der Waals surface area contributed by atoms with E-state index in [4.69, 9.17) is 14.4 Å². The molecular weight excluding hydrogens is 231 g/mol. The summed E-state index contributed by atoms with van der Waals surface area (Å²) >= 11 is 0. The molecule has 5 heteroatoms. The van der Waals surface area contributed by atoms with Crippen molar-refractivity contribution in [2.24, 2.45) is 0 Å². The highest BCUT2D eigenvalue weighted by molar-refractivity contribution is 6.78. The van der Waals surface area contributed by atoms with Crippen molar-refractivity contribution in [3.8, 4) is 0 Å². The van der Waals surface area contributed by atoms with Gasteiger partial charge in [0.2, 0.25) is 0 Å². The Morgan fingerprint density at radius 1 is 0.824 bits per heavy atom. The molecule has 0 aliphatic rings. The second-order valence-corrected chi connectivity index (χ2v) is 9.04. The van der Waals surface area contributed by atoms with E-state index in [9.17, 15) is 0 Å². The Hall–Kier alpha value is 0.162. The van der Waals surface area contributed by atoms with Gasteiger partial charge >= 0.3 is 7.32 Å². The van der Waals surface area contributed by atoms with Crippen molar-refractivity contribution >= 4 is 15.6 Å². The van der Waals surface area contributed by atoms with Crippen molar-refractivity contribution in [2.75, 3.05) is 0 Å². The summed E-state index contributed by atoms with van der Waals surface area (Å²) in [5, 5.41) is 18.3. The van der Waals surface area contributed by atoms with Crippen LogP contribution in [0.3, 0.4) is 0 Å². The monoisotopic (exact) mass is 260 g/mol. The van der Waals surface area contributed by atoms with Gasteiger partial charge in [-0.3, -0.25) is 0 Å². The molecule has 0 radical (unpaired) electrons. The van der Waals surface area contributed by atoms with E-state index in [2.05, 4.69) is 20.8 Å². The van der Waals surface area contributed by atoms with Crippen LogP contribution in [0.25, 0.3) is 0 Å². The Labute approximate surface area is 108 Å². The molecule has 0 aromatic rings. The average molecular weight is 260 g/mol. The summed E-state index contributed by atoms with van der Waals surface area (Å²) in [6.45, 7) is 6.52. The first-order valence-electron chi connectivity index (χ1n) is 7.14. The number of rotatable bonds is 11. The van der Waals surface area contributed by atoms with Crippen LogP contribution in [0.15, 0.2) is 0 Å². The molecule has 0 bridgehead atoms. The number of unbranched alkanes of at least 4 members (excludes halogenated alkanes) is 3. The molecule has 0 fully saturated rings. The maximum atomic E-state index is 9.15. The third-order valence-electron chi connectivity index (χ3n) is 3.31. The van der Waals surface area contributed by atoms with E-state index in [1.807, 2.05) is 0 Å². The van der Waals surface area contributed by atoms with Gasteiger partial charge in [-0.1, -0.05) is 59.3 Å². The lowest BCUT2D eigenvalue weighted by Gasteiger charge is -2.32. The summed E-state index contributed by atoms with van der Waals surface area (Å²) < 4.78 is 5.59. The Bertz CT molecular complexity index is 157. The lowest BCUT2D eigenvalue weighted by Crippen LogP contribution is -2.43. The van der Waals surface area contributed by atoms with Crippen LogP contribution in [0, 0.1) is 0 Å². The molecule has 0 aromatic carbocycles. The average Bonchev–Trinajstić information content (AvgIpc) is 2.30. The molecule has 0 aliphatic heterocycles. The van der Waals surface area contributed by atoms with Crippen LogP contribution < -0.4 is 0 Å². The Kier molecular flexibility index (Phi) is 10.2. The van der Waals surface area contributed by atoms with Gasteiger partial charge in [-0.2, -0.15) is 0 Å². The molecule has 0 aliphatic carbocycles. The van der Waals surface area contributed by atoms with Gasteiger partial charge in [0.05, 0.1) is 0 Å². The van der Waals surface area contributed by atoms with E-state index in [1.54, 1.807) is 0 Å². The fourth-order valence-corrected chi connectivity index (χ4v) is 6.82. The SMILES string of the molecule is CCCC[Si](CCCC)(CCCC)OB(O)O. The molecule has 0 atom stereocenters. The van der Waals surface area contributed by atoms with Crippen LogP contribution in [0.4, 0.5) is 0 Å². The van der Waals surface area contributed by atoms with Crippen molar-refractivity contribution in [3.63, 3.8) is 0 Å². The van der Waals surface area contributed by atoms with Crippen molar-refractivity contribution in [3.05, 3.63) is 0 Å². The highest BCUT2D eigenvalue weighted by Crippen LogP contribution is 2.29. The molecular formula is C12H29BO3Si. The van der Waals surface area contributed by atoms with Crippen molar-refractivity contribution in [2.45, 2.75) is 77.4 Å². The van der Waals surface area contributed by atoms with Crippen LogP contribution >= 0.6 is 0 Å². The van der Waals surface area contributed by atoms with Crippen LogP contribution in [0.5, 0.6) is 0 Å². The molecule has 0 saturated carbocycles.